The molecule has 0 spiro atoms. The smallest absolute Gasteiger partial charge is 0.369 e. The first-order valence-corrected chi connectivity index (χ1v) is 7.04. The van der Waals surface area contributed by atoms with E-state index in [4.69, 9.17) is 15.3 Å². The zero-order valence-corrected chi connectivity index (χ0v) is 12.8. The predicted molar refractivity (Wildman–Crippen MR) is 86.8 cm³/mol. The maximum Gasteiger partial charge on any atom is 0.369 e. The number of rotatable bonds is 6. The van der Waals surface area contributed by atoms with Gasteiger partial charge in [0.1, 0.15) is 11.3 Å². The van der Waals surface area contributed by atoms with Crippen molar-refractivity contribution in [2.45, 2.75) is 6.92 Å². The van der Waals surface area contributed by atoms with Crippen LogP contribution in [0.15, 0.2) is 53.7 Å². The second-order valence-electron chi connectivity index (χ2n) is 4.59. The molecule has 0 amide bonds. The summed E-state index contributed by atoms with van der Waals surface area (Å²) in [5, 5.41) is 14.2. The van der Waals surface area contributed by atoms with Gasteiger partial charge in [0.15, 0.2) is 5.84 Å². The second kappa shape index (κ2) is 7.73. The number of para-hydroxylation sites is 1. The molecule has 0 aliphatic heterocycles. The van der Waals surface area contributed by atoms with Crippen molar-refractivity contribution >= 4 is 17.5 Å². The van der Waals surface area contributed by atoms with E-state index in [1.54, 1.807) is 31.2 Å². The zero-order valence-electron chi connectivity index (χ0n) is 12.8. The number of oxime groups is 1. The molecule has 0 aliphatic rings. The molecule has 2 N–H and O–H groups in total. The summed E-state index contributed by atoms with van der Waals surface area (Å²) >= 11 is 0. The van der Waals surface area contributed by atoms with Crippen LogP contribution in [-0.4, -0.2) is 23.3 Å². The lowest BCUT2D eigenvalue weighted by molar-refractivity contribution is -0.384. The van der Waals surface area contributed by atoms with E-state index in [1.807, 2.05) is 0 Å². The largest absolute Gasteiger partial charge is 0.493 e. The number of hydrogen-bond acceptors (Lipinski definition) is 6. The van der Waals surface area contributed by atoms with E-state index in [0.29, 0.717) is 17.9 Å². The van der Waals surface area contributed by atoms with E-state index < -0.39 is 10.9 Å². The highest BCUT2D eigenvalue weighted by Gasteiger charge is 2.14. The van der Waals surface area contributed by atoms with Crippen molar-refractivity contribution in [2.75, 3.05) is 6.61 Å². The number of amidine groups is 1. The molecule has 2 aromatic carbocycles. The number of ether oxygens (including phenoxy) is 1. The van der Waals surface area contributed by atoms with Gasteiger partial charge in [-0.2, -0.15) is 0 Å². The maximum atomic E-state index is 12.1. The van der Waals surface area contributed by atoms with Gasteiger partial charge in [-0.1, -0.05) is 17.3 Å². The molecule has 0 atom stereocenters. The number of benzene rings is 2. The minimum atomic E-state index is -0.719. The van der Waals surface area contributed by atoms with Crippen LogP contribution < -0.4 is 10.5 Å². The second-order valence-corrected chi connectivity index (χ2v) is 4.59. The SMILES string of the molecule is CCOc1ccccc1C(=O)O/N=C(\N)c1ccc([N+](=O)[O-])cc1. The molecule has 0 aliphatic carbocycles. The average molecular weight is 329 g/mol. The Bertz CT molecular complexity index is 772. The standard InChI is InChI=1S/C16H15N3O5/c1-2-23-14-6-4-3-5-13(14)16(20)24-18-15(17)11-7-9-12(10-8-11)19(21)22/h3-10H,2H2,1H3,(H2,17,18). The molecule has 2 rings (SSSR count). The molecular weight excluding hydrogens is 314 g/mol. The lowest BCUT2D eigenvalue weighted by Crippen LogP contribution is -2.15. The van der Waals surface area contributed by atoms with Crippen LogP contribution in [0.3, 0.4) is 0 Å². The van der Waals surface area contributed by atoms with Crippen molar-refractivity contribution < 1.29 is 19.3 Å². The Hall–Kier alpha value is -3.42. The van der Waals surface area contributed by atoms with Crippen LogP contribution >= 0.6 is 0 Å². The van der Waals surface area contributed by atoms with Crippen LogP contribution in [-0.2, 0) is 4.84 Å². The van der Waals surface area contributed by atoms with Gasteiger partial charge in [-0.15, -0.1) is 0 Å². The monoisotopic (exact) mass is 329 g/mol. The maximum absolute atomic E-state index is 12.1. The molecule has 0 radical (unpaired) electrons. The van der Waals surface area contributed by atoms with Gasteiger partial charge in [-0.05, 0) is 31.2 Å². The molecule has 0 saturated heterocycles. The van der Waals surface area contributed by atoms with E-state index in [1.165, 1.54) is 24.3 Å². The van der Waals surface area contributed by atoms with E-state index >= 15 is 0 Å². The Morgan fingerprint density at radius 2 is 1.88 bits per heavy atom. The van der Waals surface area contributed by atoms with Crippen molar-refractivity contribution in [1.29, 1.82) is 0 Å². The van der Waals surface area contributed by atoms with Crippen molar-refractivity contribution in [3.8, 4) is 5.75 Å². The van der Waals surface area contributed by atoms with Crippen LogP contribution in [0.1, 0.15) is 22.8 Å². The van der Waals surface area contributed by atoms with E-state index in [-0.39, 0.29) is 17.1 Å². The Kier molecular flexibility index (Phi) is 5.45. The lowest BCUT2D eigenvalue weighted by Gasteiger charge is -2.07. The molecule has 0 aromatic heterocycles. The highest BCUT2D eigenvalue weighted by atomic mass is 16.7. The van der Waals surface area contributed by atoms with E-state index in [0.717, 1.165) is 0 Å². The Labute approximate surface area is 137 Å². The molecule has 0 unspecified atom stereocenters. The number of carbonyl (C=O) groups excluding carboxylic acids is 1. The topological polar surface area (TPSA) is 117 Å². The van der Waals surface area contributed by atoms with Gasteiger partial charge in [0, 0.05) is 17.7 Å². The summed E-state index contributed by atoms with van der Waals surface area (Å²) in [7, 11) is 0. The number of non-ortho nitro benzene ring substituents is 1. The highest BCUT2D eigenvalue weighted by molar-refractivity contribution is 5.98. The van der Waals surface area contributed by atoms with Crippen LogP contribution in [0.4, 0.5) is 5.69 Å². The van der Waals surface area contributed by atoms with Crippen molar-refractivity contribution in [2.24, 2.45) is 10.9 Å². The highest BCUT2D eigenvalue weighted by Crippen LogP contribution is 2.19. The fourth-order valence-corrected chi connectivity index (χ4v) is 1.86. The van der Waals surface area contributed by atoms with Gasteiger partial charge in [-0.3, -0.25) is 10.1 Å². The first-order chi connectivity index (χ1) is 11.5. The van der Waals surface area contributed by atoms with Crippen molar-refractivity contribution in [3.63, 3.8) is 0 Å². The molecule has 8 nitrogen and oxygen atoms in total. The third-order valence-electron chi connectivity index (χ3n) is 3.01. The summed E-state index contributed by atoms with van der Waals surface area (Å²) < 4.78 is 5.34. The summed E-state index contributed by atoms with van der Waals surface area (Å²) in [6.07, 6.45) is 0. The molecule has 0 saturated carbocycles. The van der Waals surface area contributed by atoms with Gasteiger partial charge in [0.2, 0.25) is 0 Å². The Balaban J connectivity index is 2.12. The van der Waals surface area contributed by atoms with Gasteiger partial charge in [0.05, 0.1) is 11.5 Å². The summed E-state index contributed by atoms with van der Waals surface area (Å²) in [5.74, 6) is -0.412. The summed E-state index contributed by atoms with van der Waals surface area (Å²) in [4.78, 5) is 27.0. The van der Waals surface area contributed by atoms with Crippen molar-refractivity contribution in [1.82, 2.24) is 0 Å². The fraction of sp³-hybridized carbons (Fsp3) is 0.125. The quantitative estimate of drug-likeness (QED) is 0.286. The lowest BCUT2D eigenvalue weighted by atomic mass is 10.2. The van der Waals surface area contributed by atoms with Gasteiger partial charge in [0.25, 0.3) is 5.69 Å². The molecule has 0 heterocycles. The molecule has 124 valence electrons. The fourth-order valence-electron chi connectivity index (χ4n) is 1.86. The Morgan fingerprint density at radius 3 is 2.50 bits per heavy atom. The minimum Gasteiger partial charge on any atom is -0.493 e. The third-order valence-corrected chi connectivity index (χ3v) is 3.01. The molecule has 8 heteroatoms. The van der Waals surface area contributed by atoms with Crippen molar-refractivity contribution in [3.05, 3.63) is 69.8 Å². The molecule has 24 heavy (non-hydrogen) atoms. The predicted octanol–water partition coefficient (Wildman–Crippen LogP) is 2.47. The number of nitro benzene ring substituents is 1. The van der Waals surface area contributed by atoms with Gasteiger partial charge in [-0.25, -0.2) is 4.79 Å². The average Bonchev–Trinajstić information content (AvgIpc) is 2.60. The van der Waals surface area contributed by atoms with Crippen LogP contribution in [0.2, 0.25) is 0 Å². The molecule has 2 aromatic rings. The van der Waals surface area contributed by atoms with Gasteiger partial charge < -0.3 is 15.3 Å². The van der Waals surface area contributed by atoms with Gasteiger partial charge >= 0.3 is 5.97 Å². The molecule has 0 fully saturated rings. The molecule has 0 bridgehead atoms. The van der Waals surface area contributed by atoms with E-state index in [2.05, 4.69) is 5.16 Å². The Morgan fingerprint density at radius 1 is 1.21 bits per heavy atom. The summed E-state index contributed by atoms with van der Waals surface area (Å²) in [6, 6.07) is 12.0. The van der Waals surface area contributed by atoms with E-state index in [9.17, 15) is 14.9 Å². The summed E-state index contributed by atoms with van der Waals surface area (Å²) in [5.41, 5.74) is 6.26. The first-order valence-electron chi connectivity index (χ1n) is 7.04. The minimum absolute atomic E-state index is 0.0748. The summed E-state index contributed by atoms with van der Waals surface area (Å²) in [6.45, 7) is 2.20. The van der Waals surface area contributed by atoms with Crippen LogP contribution in [0, 0.1) is 10.1 Å². The zero-order chi connectivity index (χ0) is 17.5. The number of hydrogen-bond donors (Lipinski definition) is 1. The number of nitrogens with zero attached hydrogens (tertiary/aromatic N) is 2. The number of nitro groups is 1. The normalized spacial score (nSPS) is 11.0. The number of nitrogens with two attached hydrogens (primary N) is 1. The third kappa shape index (κ3) is 4.07. The van der Waals surface area contributed by atoms with Crippen LogP contribution in [0.25, 0.3) is 0 Å². The first kappa shape index (κ1) is 16.9. The van der Waals surface area contributed by atoms with Crippen LogP contribution in [0.5, 0.6) is 5.75 Å². The molecular formula is C16H15N3O5. The number of carbonyl (C=O) groups is 1.